The number of halogens is 2. The number of hydrogen-bond donors (Lipinski definition) is 6. The summed E-state index contributed by atoms with van der Waals surface area (Å²) in [4.78, 5) is 63.2. The zero-order valence-electron chi connectivity index (χ0n) is 36.0. The van der Waals surface area contributed by atoms with Crippen LogP contribution < -0.4 is 37.5 Å². The number of aromatic nitrogens is 3. The summed E-state index contributed by atoms with van der Waals surface area (Å²) in [5, 5.41) is 20.1. The Morgan fingerprint density at radius 1 is 1.00 bits per heavy atom. The predicted molar refractivity (Wildman–Crippen MR) is 232 cm³/mol. The van der Waals surface area contributed by atoms with Crippen molar-refractivity contribution in [3.05, 3.63) is 71.6 Å². The summed E-state index contributed by atoms with van der Waals surface area (Å²) in [6.07, 6.45) is 7.58. The lowest BCUT2D eigenvalue weighted by Gasteiger charge is -2.31. The fraction of sp³-hybridized carbons (Fsp3) is 0.558. The van der Waals surface area contributed by atoms with Gasteiger partial charge < -0.3 is 42.2 Å². The molecule has 62 heavy (non-hydrogen) atoms. The smallest absolute Gasteiger partial charge is 0.312 e. The number of nitrogens with two attached hydrogens (primary N) is 2. The number of benzene rings is 2. The van der Waals surface area contributed by atoms with Crippen molar-refractivity contribution in [1.29, 1.82) is 0 Å². The maximum Gasteiger partial charge on any atom is 0.312 e. The van der Waals surface area contributed by atoms with Gasteiger partial charge in [-0.05, 0) is 110 Å². The zero-order valence-corrected chi connectivity index (χ0v) is 36.8. The molecule has 1 aromatic heterocycles. The van der Waals surface area contributed by atoms with E-state index in [1.807, 2.05) is 25.6 Å². The van der Waals surface area contributed by atoms with Crippen molar-refractivity contribution in [1.82, 2.24) is 36.3 Å². The fourth-order valence-electron chi connectivity index (χ4n) is 6.59. The van der Waals surface area contributed by atoms with Gasteiger partial charge in [-0.2, -0.15) is 11.8 Å². The highest BCUT2D eigenvalue weighted by atomic mass is 32.2. The Morgan fingerprint density at radius 3 is 2.47 bits per heavy atom. The summed E-state index contributed by atoms with van der Waals surface area (Å²) in [5.74, 6) is -3.10. The minimum absolute atomic E-state index is 0.0129. The van der Waals surface area contributed by atoms with Crippen molar-refractivity contribution >= 4 is 41.3 Å². The molecule has 0 saturated carbocycles. The monoisotopic (exact) mass is 885 g/mol. The Morgan fingerprint density at radius 2 is 1.74 bits per heavy atom. The molecule has 19 heteroatoms. The molecule has 3 atom stereocenters. The number of ether oxygens (including phenoxy) is 2. The Labute approximate surface area is 365 Å². The third-order valence-corrected chi connectivity index (χ3v) is 11.9. The summed E-state index contributed by atoms with van der Waals surface area (Å²) in [5.41, 5.74) is 10.5. The number of urea groups is 1. The third kappa shape index (κ3) is 16.3. The number of Topliss-reactive ketones (excluding diaryl/α,β-unsaturated/α-hetero) is 1. The van der Waals surface area contributed by atoms with Gasteiger partial charge in [-0.3, -0.25) is 19.2 Å². The minimum atomic E-state index is -1.000. The van der Waals surface area contributed by atoms with E-state index in [0.29, 0.717) is 55.4 Å². The Kier molecular flexibility index (Phi) is 19.1. The first-order valence-electron chi connectivity index (χ1n) is 20.9. The minimum Gasteiger partial charge on any atom is -0.480 e. The molecule has 8 N–H and O–H groups in total. The molecule has 1 aliphatic heterocycles. The number of primary amides is 1. The van der Waals surface area contributed by atoms with Crippen molar-refractivity contribution in [2.45, 2.75) is 115 Å². The number of ketones is 1. The Hall–Kier alpha value is -5.14. The summed E-state index contributed by atoms with van der Waals surface area (Å²) in [6.45, 7) is 7.76. The van der Waals surface area contributed by atoms with Gasteiger partial charge in [0.05, 0.1) is 42.1 Å². The van der Waals surface area contributed by atoms with Gasteiger partial charge in [0.1, 0.15) is 12.3 Å². The van der Waals surface area contributed by atoms with Gasteiger partial charge in [-0.1, -0.05) is 23.8 Å². The van der Waals surface area contributed by atoms with Gasteiger partial charge in [-0.15, -0.1) is 5.10 Å². The molecular formula is C43H61F2N9O7S. The van der Waals surface area contributed by atoms with E-state index >= 15 is 0 Å². The van der Waals surface area contributed by atoms with Gasteiger partial charge in [0.25, 0.3) is 5.91 Å². The topological polar surface area (TPSA) is 235 Å². The number of nitrogens with zero attached hydrogens (tertiary/aromatic N) is 3. The molecule has 0 aliphatic carbocycles. The van der Waals surface area contributed by atoms with Crippen molar-refractivity contribution in [3.63, 3.8) is 0 Å². The highest BCUT2D eigenvalue weighted by molar-refractivity contribution is 8.00. The molecule has 2 aromatic carbocycles. The lowest BCUT2D eigenvalue weighted by atomic mass is 9.92. The number of nitrogens with one attached hydrogen (secondary N) is 4. The largest absolute Gasteiger partial charge is 0.480 e. The van der Waals surface area contributed by atoms with Crippen molar-refractivity contribution < 1.29 is 42.2 Å². The van der Waals surface area contributed by atoms with E-state index in [9.17, 15) is 32.8 Å². The lowest BCUT2D eigenvalue weighted by molar-refractivity contribution is -0.137. The van der Waals surface area contributed by atoms with Crippen molar-refractivity contribution in [2.24, 2.45) is 16.9 Å². The van der Waals surface area contributed by atoms with Crippen LogP contribution in [0.1, 0.15) is 102 Å². The van der Waals surface area contributed by atoms with Crippen LogP contribution in [0.25, 0.3) is 5.69 Å². The third-order valence-electron chi connectivity index (χ3n) is 10.4. The van der Waals surface area contributed by atoms with E-state index in [1.54, 1.807) is 44.3 Å². The first-order chi connectivity index (χ1) is 29.5. The number of amides is 5. The second kappa shape index (κ2) is 23.9. The number of carbonyl (C=O) groups is 5. The van der Waals surface area contributed by atoms with Crippen LogP contribution in [0.3, 0.4) is 0 Å². The number of thioether (sulfide) groups is 1. The van der Waals surface area contributed by atoms with Crippen LogP contribution in [0.5, 0.6) is 5.75 Å². The number of rotatable bonds is 26. The van der Waals surface area contributed by atoms with Gasteiger partial charge in [0, 0.05) is 35.6 Å². The molecule has 1 unspecified atom stereocenters. The number of hydrogen-bond acceptors (Lipinski definition) is 11. The maximum atomic E-state index is 14.1. The molecule has 0 bridgehead atoms. The number of para-hydroxylation sites is 1. The van der Waals surface area contributed by atoms with E-state index in [4.69, 9.17) is 20.9 Å². The summed E-state index contributed by atoms with van der Waals surface area (Å²) in [6, 6.07) is 8.33. The summed E-state index contributed by atoms with van der Waals surface area (Å²) < 4.78 is 40.9. The second-order valence-electron chi connectivity index (χ2n) is 16.7. The summed E-state index contributed by atoms with van der Waals surface area (Å²) in [7, 11) is 0. The average Bonchev–Trinajstić information content (AvgIpc) is 3.89. The molecule has 0 radical (unpaired) electrons. The molecule has 1 aliphatic rings. The molecule has 1 saturated heterocycles. The highest BCUT2D eigenvalue weighted by Gasteiger charge is 2.32. The van der Waals surface area contributed by atoms with Crippen molar-refractivity contribution in [2.75, 3.05) is 32.1 Å². The molecule has 2 heterocycles. The Balaban J connectivity index is 1.19. The lowest BCUT2D eigenvalue weighted by Crippen LogP contribution is -2.43. The fourth-order valence-corrected chi connectivity index (χ4v) is 8.01. The first-order valence-corrected chi connectivity index (χ1v) is 22.0. The molecule has 4 rings (SSSR count). The van der Waals surface area contributed by atoms with E-state index in [1.165, 1.54) is 10.7 Å². The van der Waals surface area contributed by atoms with E-state index in [0.717, 1.165) is 43.6 Å². The van der Waals surface area contributed by atoms with Crippen LogP contribution in [0, 0.1) is 17.0 Å². The van der Waals surface area contributed by atoms with Gasteiger partial charge >= 0.3 is 6.03 Å². The zero-order chi connectivity index (χ0) is 45.3. The molecule has 0 spiro atoms. The number of unbranched alkanes of at least 4 members (excludes halogenated alkanes) is 2. The van der Waals surface area contributed by atoms with Crippen molar-refractivity contribution in [3.8, 4) is 11.4 Å². The van der Waals surface area contributed by atoms with Crippen LogP contribution in [0.4, 0.5) is 13.6 Å². The molecule has 5 amide bonds. The Bertz CT molecular complexity index is 1960. The molecule has 3 aromatic rings. The molecule has 16 nitrogen and oxygen atoms in total. The number of carbonyl (C=O) groups excluding carboxylic acids is 5. The maximum absolute atomic E-state index is 14.1. The molecular weight excluding hydrogens is 825 g/mol. The summed E-state index contributed by atoms with van der Waals surface area (Å²) >= 11 is 1.83. The van der Waals surface area contributed by atoms with E-state index in [2.05, 4.69) is 31.6 Å². The average molecular weight is 886 g/mol. The van der Waals surface area contributed by atoms with E-state index < -0.39 is 58.8 Å². The highest BCUT2D eigenvalue weighted by Crippen LogP contribution is 2.31. The standard InChI is InChI=1S/C43H61F2N9O7S/c1-42(2,27-61-43(3,4)18-20-48-37(56)17-6-5-13-32-22-29(26-62-32)50-41(47)59)40(58)49-23-30-24-54(53-52-30)31-12-9-11-28(21-31)39(57)51-35(16-7-8-19-46)36(55)25-60-38-33(44)14-10-15-34(38)45/h9-12,14-15,21,24,29,32,35H,5-8,13,16-20,22-23,25-27,46H2,1-4H3,(H,48,56)(H,49,58)(H,51,57)(H3,47,50,59)/t29-,32+,35?/m1/s1. The van der Waals surface area contributed by atoms with Gasteiger partial charge in [-0.25, -0.2) is 18.3 Å². The molecule has 340 valence electrons. The second-order valence-corrected chi connectivity index (χ2v) is 18.0. The van der Waals surface area contributed by atoms with Crippen LogP contribution in [0.2, 0.25) is 0 Å². The normalized spacial score (nSPS) is 15.7. The molecule has 1 fully saturated rings. The SMILES string of the molecule is CC(C)(CCNC(=O)CCCC[C@H]1C[C@@H](NC(N)=O)CS1)OCC(C)(C)C(=O)NCc1cn(-c2cccc(C(=O)NC(CCCCN)C(=O)COc3c(F)cccc3F)c2)nn1. The first kappa shape index (κ1) is 49.5. The van der Waals surface area contributed by atoms with Gasteiger partial charge in [0.2, 0.25) is 11.8 Å². The van der Waals surface area contributed by atoms with Crippen LogP contribution in [-0.4, -0.2) is 99.5 Å². The van der Waals surface area contributed by atoms with Gasteiger partial charge in [0.15, 0.2) is 23.2 Å². The van der Waals surface area contributed by atoms with E-state index in [-0.39, 0.29) is 43.0 Å². The predicted octanol–water partition coefficient (Wildman–Crippen LogP) is 4.47. The quantitative estimate of drug-likeness (QED) is 0.0616. The van der Waals surface area contributed by atoms with Crippen LogP contribution >= 0.6 is 11.8 Å². The van der Waals surface area contributed by atoms with Crippen LogP contribution in [0.15, 0.2) is 48.7 Å². The van der Waals surface area contributed by atoms with Crippen LogP contribution in [-0.2, 0) is 25.7 Å².